The first-order valence-electron chi connectivity index (χ1n) is 7.80. The zero-order valence-corrected chi connectivity index (χ0v) is 12.8. The molecule has 0 fully saturated rings. The Balaban J connectivity index is 1.94. The number of rotatable bonds is 3. The molecule has 0 saturated heterocycles. The Bertz CT molecular complexity index is 938. The van der Waals surface area contributed by atoms with Crippen LogP contribution < -0.4 is 5.73 Å². The van der Waals surface area contributed by atoms with E-state index in [1.165, 1.54) is 16.5 Å². The van der Waals surface area contributed by atoms with Gasteiger partial charge in [0.2, 0.25) is 0 Å². The highest BCUT2D eigenvalue weighted by atomic mass is 15.0. The molecule has 0 aliphatic carbocycles. The van der Waals surface area contributed by atoms with E-state index in [-0.39, 0.29) is 0 Å². The van der Waals surface area contributed by atoms with E-state index in [0.717, 1.165) is 23.5 Å². The van der Waals surface area contributed by atoms with Gasteiger partial charge in [0.25, 0.3) is 0 Å². The van der Waals surface area contributed by atoms with Gasteiger partial charge in [0.1, 0.15) is 5.82 Å². The first kappa shape index (κ1) is 13.6. The zero-order valence-electron chi connectivity index (χ0n) is 12.8. The van der Waals surface area contributed by atoms with E-state index in [4.69, 9.17) is 5.73 Å². The van der Waals surface area contributed by atoms with Gasteiger partial charge in [0.15, 0.2) is 0 Å². The quantitative estimate of drug-likeness (QED) is 0.570. The predicted molar refractivity (Wildman–Crippen MR) is 97.3 cm³/mol. The summed E-state index contributed by atoms with van der Waals surface area (Å²) in [7, 11) is 0. The second kappa shape index (κ2) is 5.65. The van der Waals surface area contributed by atoms with E-state index < -0.39 is 0 Å². The summed E-state index contributed by atoms with van der Waals surface area (Å²) < 4.78 is 2.20. The van der Waals surface area contributed by atoms with Gasteiger partial charge in [-0.1, -0.05) is 78.9 Å². The molecule has 0 unspecified atom stereocenters. The van der Waals surface area contributed by atoms with Gasteiger partial charge < -0.3 is 10.3 Å². The second-order valence-corrected chi connectivity index (χ2v) is 5.72. The minimum Gasteiger partial charge on any atom is -0.385 e. The summed E-state index contributed by atoms with van der Waals surface area (Å²) in [6, 6.07) is 29.2. The minimum absolute atomic E-state index is 0.778. The van der Waals surface area contributed by atoms with Gasteiger partial charge in [-0.15, -0.1) is 0 Å². The molecule has 23 heavy (non-hydrogen) atoms. The molecule has 0 aliphatic heterocycles. The van der Waals surface area contributed by atoms with Gasteiger partial charge in [-0.25, -0.2) is 0 Å². The van der Waals surface area contributed by atoms with Crippen LogP contribution in [-0.4, -0.2) is 4.57 Å². The summed E-state index contributed by atoms with van der Waals surface area (Å²) in [5.74, 6) is 0.821. The third kappa shape index (κ3) is 2.38. The average molecular weight is 298 g/mol. The highest BCUT2D eigenvalue weighted by molar-refractivity contribution is 6.02. The molecule has 0 aliphatic rings. The molecule has 2 heteroatoms. The Kier molecular flexibility index (Phi) is 3.35. The van der Waals surface area contributed by atoms with Crippen LogP contribution in [-0.2, 0) is 6.54 Å². The lowest BCUT2D eigenvalue weighted by Gasteiger charge is -2.09. The van der Waals surface area contributed by atoms with E-state index in [9.17, 15) is 0 Å². The second-order valence-electron chi connectivity index (χ2n) is 5.72. The maximum absolute atomic E-state index is 6.56. The van der Waals surface area contributed by atoms with Crippen LogP contribution in [0, 0.1) is 0 Å². The molecule has 0 saturated carbocycles. The van der Waals surface area contributed by atoms with Crippen molar-refractivity contribution >= 4 is 16.7 Å². The fraction of sp³-hybridized carbons (Fsp3) is 0.0476. The number of para-hydroxylation sites is 1. The van der Waals surface area contributed by atoms with Gasteiger partial charge in [-0.2, -0.15) is 0 Å². The topological polar surface area (TPSA) is 30.9 Å². The molecule has 0 spiro atoms. The largest absolute Gasteiger partial charge is 0.385 e. The fourth-order valence-corrected chi connectivity index (χ4v) is 3.17. The molecule has 1 heterocycles. The third-order valence-electron chi connectivity index (χ3n) is 4.26. The molecule has 4 rings (SSSR count). The Morgan fingerprint density at radius 1 is 0.696 bits per heavy atom. The van der Waals surface area contributed by atoms with Gasteiger partial charge >= 0.3 is 0 Å². The van der Waals surface area contributed by atoms with E-state index in [1.54, 1.807) is 0 Å². The van der Waals surface area contributed by atoms with Gasteiger partial charge in [-0.3, -0.25) is 0 Å². The van der Waals surface area contributed by atoms with Crippen molar-refractivity contribution in [1.82, 2.24) is 4.57 Å². The van der Waals surface area contributed by atoms with Crippen molar-refractivity contribution in [3.63, 3.8) is 0 Å². The van der Waals surface area contributed by atoms with Crippen molar-refractivity contribution < 1.29 is 0 Å². The standard InChI is InChI=1S/C21H18N2/c22-21-20(17-11-5-2-6-12-17)18-13-7-8-14-19(18)23(21)15-16-9-3-1-4-10-16/h1-14H,15,22H2. The van der Waals surface area contributed by atoms with Crippen molar-refractivity contribution in [3.05, 3.63) is 90.5 Å². The summed E-state index contributed by atoms with van der Waals surface area (Å²) in [5, 5.41) is 1.20. The van der Waals surface area contributed by atoms with E-state index >= 15 is 0 Å². The lowest BCUT2D eigenvalue weighted by Crippen LogP contribution is -2.04. The number of benzene rings is 3. The van der Waals surface area contributed by atoms with Crippen LogP contribution in [0.4, 0.5) is 5.82 Å². The summed E-state index contributed by atoms with van der Waals surface area (Å²) >= 11 is 0. The average Bonchev–Trinajstić information content (AvgIpc) is 2.89. The fourth-order valence-electron chi connectivity index (χ4n) is 3.17. The number of aromatic nitrogens is 1. The molecular formula is C21H18N2. The number of hydrogen-bond acceptors (Lipinski definition) is 1. The first-order valence-corrected chi connectivity index (χ1v) is 7.80. The van der Waals surface area contributed by atoms with Crippen LogP contribution in [0.5, 0.6) is 0 Å². The molecule has 3 aromatic carbocycles. The van der Waals surface area contributed by atoms with Crippen LogP contribution >= 0.6 is 0 Å². The van der Waals surface area contributed by atoms with E-state index in [2.05, 4.69) is 77.4 Å². The van der Waals surface area contributed by atoms with Crippen LogP contribution in [0.1, 0.15) is 5.56 Å². The van der Waals surface area contributed by atoms with Crippen LogP contribution in [0.25, 0.3) is 22.0 Å². The number of anilines is 1. The molecular weight excluding hydrogens is 280 g/mol. The molecule has 0 atom stereocenters. The van der Waals surface area contributed by atoms with E-state index in [0.29, 0.717) is 0 Å². The third-order valence-corrected chi connectivity index (χ3v) is 4.26. The predicted octanol–water partition coefficient (Wildman–Crippen LogP) is 4.94. The van der Waals surface area contributed by atoms with Crippen molar-refractivity contribution in [2.45, 2.75) is 6.54 Å². The zero-order chi connectivity index (χ0) is 15.6. The van der Waals surface area contributed by atoms with Gasteiger partial charge in [0.05, 0.1) is 5.52 Å². The van der Waals surface area contributed by atoms with Gasteiger partial charge in [0, 0.05) is 17.5 Å². The number of hydrogen-bond donors (Lipinski definition) is 1. The van der Waals surface area contributed by atoms with Crippen molar-refractivity contribution in [1.29, 1.82) is 0 Å². The number of nitrogen functional groups attached to an aromatic ring is 1. The lowest BCUT2D eigenvalue weighted by molar-refractivity contribution is 0.849. The Labute approximate surface area is 135 Å². The van der Waals surface area contributed by atoms with Crippen LogP contribution in [0.2, 0.25) is 0 Å². The highest BCUT2D eigenvalue weighted by Crippen LogP contribution is 2.37. The van der Waals surface area contributed by atoms with Crippen molar-refractivity contribution in [3.8, 4) is 11.1 Å². The molecule has 2 nitrogen and oxygen atoms in total. The lowest BCUT2D eigenvalue weighted by atomic mass is 10.0. The van der Waals surface area contributed by atoms with E-state index in [1.807, 2.05) is 12.1 Å². The Hall–Kier alpha value is -3.00. The SMILES string of the molecule is Nc1c(-c2ccccc2)c2ccccc2n1Cc1ccccc1. The maximum atomic E-state index is 6.56. The first-order chi connectivity index (χ1) is 11.3. The van der Waals surface area contributed by atoms with Crippen LogP contribution in [0.3, 0.4) is 0 Å². The monoisotopic (exact) mass is 298 g/mol. The normalized spacial score (nSPS) is 11.0. The molecule has 0 radical (unpaired) electrons. The van der Waals surface area contributed by atoms with Crippen LogP contribution in [0.15, 0.2) is 84.9 Å². The molecule has 112 valence electrons. The summed E-state index contributed by atoms with van der Waals surface area (Å²) in [5.41, 5.74) is 11.3. The number of nitrogens with two attached hydrogens (primary N) is 1. The highest BCUT2D eigenvalue weighted by Gasteiger charge is 2.15. The maximum Gasteiger partial charge on any atom is 0.112 e. The van der Waals surface area contributed by atoms with Crippen molar-refractivity contribution in [2.24, 2.45) is 0 Å². The molecule has 0 bridgehead atoms. The number of nitrogens with zero attached hydrogens (tertiary/aromatic N) is 1. The van der Waals surface area contributed by atoms with Gasteiger partial charge in [-0.05, 0) is 17.2 Å². The molecule has 2 N–H and O–H groups in total. The smallest absolute Gasteiger partial charge is 0.112 e. The molecule has 4 aromatic rings. The summed E-state index contributed by atoms with van der Waals surface area (Å²) in [6.45, 7) is 0.778. The minimum atomic E-state index is 0.778. The number of fused-ring (bicyclic) bond motifs is 1. The molecule has 0 amide bonds. The summed E-state index contributed by atoms with van der Waals surface area (Å²) in [4.78, 5) is 0. The van der Waals surface area contributed by atoms with Crippen molar-refractivity contribution in [2.75, 3.05) is 5.73 Å². The summed E-state index contributed by atoms with van der Waals surface area (Å²) in [6.07, 6.45) is 0. The Morgan fingerprint density at radius 3 is 2.04 bits per heavy atom. The Morgan fingerprint density at radius 2 is 1.30 bits per heavy atom. The molecule has 1 aromatic heterocycles.